The van der Waals surface area contributed by atoms with Gasteiger partial charge in [-0.1, -0.05) is 50.6 Å². The SMILES string of the molecule is CCC(C)C(C(=O)Nc1ccc(N2CCOCC2)cc1N1CCOCC1)c1ccccc1. The van der Waals surface area contributed by atoms with Crippen molar-refractivity contribution in [2.45, 2.75) is 26.2 Å². The molecule has 172 valence electrons. The van der Waals surface area contributed by atoms with Gasteiger partial charge >= 0.3 is 0 Å². The molecule has 1 N–H and O–H groups in total. The van der Waals surface area contributed by atoms with Crippen LogP contribution in [0, 0.1) is 5.92 Å². The van der Waals surface area contributed by atoms with Crippen LogP contribution in [0.25, 0.3) is 0 Å². The average molecular weight is 438 g/mol. The maximum absolute atomic E-state index is 13.6. The maximum Gasteiger partial charge on any atom is 0.232 e. The lowest BCUT2D eigenvalue weighted by Gasteiger charge is -2.34. The van der Waals surface area contributed by atoms with Crippen LogP contribution < -0.4 is 15.1 Å². The van der Waals surface area contributed by atoms with Gasteiger partial charge in [0.05, 0.1) is 43.7 Å². The minimum absolute atomic E-state index is 0.0548. The Morgan fingerprint density at radius 3 is 2.19 bits per heavy atom. The molecule has 2 aliphatic rings. The molecule has 2 atom stereocenters. The third-order valence-electron chi connectivity index (χ3n) is 6.62. The summed E-state index contributed by atoms with van der Waals surface area (Å²) in [4.78, 5) is 18.2. The van der Waals surface area contributed by atoms with Crippen molar-refractivity contribution in [3.8, 4) is 0 Å². The molecule has 2 aromatic rings. The number of rotatable bonds is 7. The molecule has 2 heterocycles. The molecule has 0 saturated carbocycles. The zero-order valence-corrected chi connectivity index (χ0v) is 19.3. The van der Waals surface area contributed by atoms with Gasteiger partial charge in [-0.15, -0.1) is 0 Å². The third kappa shape index (κ3) is 5.25. The van der Waals surface area contributed by atoms with Crippen molar-refractivity contribution in [1.82, 2.24) is 0 Å². The number of nitrogens with zero attached hydrogens (tertiary/aromatic N) is 2. The fourth-order valence-corrected chi connectivity index (χ4v) is 4.55. The van der Waals surface area contributed by atoms with E-state index >= 15 is 0 Å². The van der Waals surface area contributed by atoms with E-state index in [0.717, 1.165) is 62.8 Å². The van der Waals surface area contributed by atoms with Gasteiger partial charge in [0, 0.05) is 31.9 Å². The summed E-state index contributed by atoms with van der Waals surface area (Å²) in [6.45, 7) is 10.6. The zero-order chi connectivity index (χ0) is 22.3. The lowest BCUT2D eigenvalue weighted by molar-refractivity contribution is -0.118. The van der Waals surface area contributed by atoms with Crippen molar-refractivity contribution >= 4 is 23.0 Å². The van der Waals surface area contributed by atoms with Crippen LogP contribution in [0.15, 0.2) is 48.5 Å². The van der Waals surface area contributed by atoms with Crippen LogP contribution in [-0.2, 0) is 14.3 Å². The van der Waals surface area contributed by atoms with E-state index in [1.54, 1.807) is 0 Å². The van der Waals surface area contributed by atoms with Gasteiger partial charge in [0.15, 0.2) is 0 Å². The Kier molecular flexibility index (Phi) is 7.66. The van der Waals surface area contributed by atoms with Gasteiger partial charge in [0.1, 0.15) is 0 Å². The molecular formula is C26H35N3O3. The van der Waals surface area contributed by atoms with E-state index in [-0.39, 0.29) is 17.7 Å². The third-order valence-corrected chi connectivity index (χ3v) is 6.62. The Bertz CT molecular complexity index is 877. The molecule has 2 saturated heterocycles. The summed E-state index contributed by atoms with van der Waals surface area (Å²) in [6.07, 6.45) is 0.944. The second-order valence-corrected chi connectivity index (χ2v) is 8.66. The Balaban J connectivity index is 1.62. The number of benzene rings is 2. The summed E-state index contributed by atoms with van der Waals surface area (Å²) in [5.41, 5.74) is 4.19. The Labute approximate surface area is 191 Å². The topological polar surface area (TPSA) is 54.0 Å². The molecule has 0 spiro atoms. The fourth-order valence-electron chi connectivity index (χ4n) is 4.55. The molecule has 0 radical (unpaired) electrons. The predicted octanol–water partition coefficient (Wildman–Crippen LogP) is 4.13. The maximum atomic E-state index is 13.6. The summed E-state index contributed by atoms with van der Waals surface area (Å²) in [5.74, 6) is 0.119. The van der Waals surface area contributed by atoms with E-state index in [9.17, 15) is 4.79 Å². The van der Waals surface area contributed by atoms with Crippen molar-refractivity contribution in [3.05, 3.63) is 54.1 Å². The van der Waals surface area contributed by atoms with Gasteiger partial charge in [-0.25, -0.2) is 0 Å². The number of hydrogen-bond donors (Lipinski definition) is 1. The molecule has 2 fully saturated rings. The first-order chi connectivity index (χ1) is 15.7. The second-order valence-electron chi connectivity index (χ2n) is 8.66. The van der Waals surface area contributed by atoms with Gasteiger partial charge in [-0.05, 0) is 29.7 Å². The first-order valence-electron chi connectivity index (χ1n) is 11.8. The highest BCUT2D eigenvalue weighted by atomic mass is 16.5. The molecule has 32 heavy (non-hydrogen) atoms. The van der Waals surface area contributed by atoms with Crippen molar-refractivity contribution in [2.75, 3.05) is 67.7 Å². The summed E-state index contributed by atoms with van der Waals surface area (Å²) in [7, 11) is 0. The summed E-state index contributed by atoms with van der Waals surface area (Å²) in [6, 6.07) is 16.5. The quantitative estimate of drug-likeness (QED) is 0.706. The molecule has 0 aliphatic carbocycles. The molecule has 2 unspecified atom stereocenters. The largest absolute Gasteiger partial charge is 0.378 e. The van der Waals surface area contributed by atoms with Crippen LogP contribution in [0.4, 0.5) is 17.1 Å². The monoisotopic (exact) mass is 437 g/mol. The molecular weight excluding hydrogens is 402 g/mol. The number of carbonyl (C=O) groups excluding carboxylic acids is 1. The molecule has 2 aromatic carbocycles. The van der Waals surface area contributed by atoms with E-state index in [1.165, 1.54) is 5.69 Å². The first-order valence-corrected chi connectivity index (χ1v) is 11.8. The molecule has 1 amide bonds. The molecule has 0 bridgehead atoms. The molecule has 6 heteroatoms. The van der Waals surface area contributed by atoms with Crippen molar-refractivity contribution in [3.63, 3.8) is 0 Å². The van der Waals surface area contributed by atoms with E-state index in [2.05, 4.69) is 59.3 Å². The summed E-state index contributed by atoms with van der Waals surface area (Å²) >= 11 is 0. The highest BCUT2D eigenvalue weighted by molar-refractivity contribution is 5.99. The van der Waals surface area contributed by atoms with Crippen LogP contribution in [0.3, 0.4) is 0 Å². The van der Waals surface area contributed by atoms with Gasteiger partial charge < -0.3 is 24.6 Å². The normalized spacial score (nSPS) is 18.8. The lowest BCUT2D eigenvalue weighted by atomic mass is 9.85. The van der Waals surface area contributed by atoms with Crippen molar-refractivity contribution in [1.29, 1.82) is 0 Å². The number of amides is 1. The molecule has 0 aromatic heterocycles. The van der Waals surface area contributed by atoms with Crippen molar-refractivity contribution in [2.24, 2.45) is 5.92 Å². The van der Waals surface area contributed by atoms with Crippen LogP contribution in [0.5, 0.6) is 0 Å². The standard InChI is InChI=1S/C26H35N3O3/c1-3-20(2)25(21-7-5-4-6-8-21)26(30)27-23-10-9-22(28-11-15-31-16-12-28)19-24(23)29-13-17-32-18-14-29/h4-10,19-20,25H,3,11-18H2,1-2H3,(H,27,30). The predicted molar refractivity (Wildman–Crippen MR) is 130 cm³/mol. The highest BCUT2D eigenvalue weighted by Crippen LogP contribution is 2.34. The fraction of sp³-hybridized carbons (Fsp3) is 0.500. The summed E-state index contributed by atoms with van der Waals surface area (Å²) in [5, 5.41) is 3.29. The van der Waals surface area contributed by atoms with Crippen molar-refractivity contribution < 1.29 is 14.3 Å². The number of ether oxygens (including phenoxy) is 2. The molecule has 2 aliphatic heterocycles. The minimum Gasteiger partial charge on any atom is -0.378 e. The van der Waals surface area contributed by atoms with Crippen LogP contribution in [0.2, 0.25) is 0 Å². The number of carbonyl (C=O) groups is 1. The number of morpholine rings is 2. The number of nitrogens with one attached hydrogen (secondary N) is 1. The smallest absolute Gasteiger partial charge is 0.232 e. The van der Waals surface area contributed by atoms with Gasteiger partial charge in [-0.2, -0.15) is 0 Å². The molecule has 4 rings (SSSR count). The summed E-state index contributed by atoms with van der Waals surface area (Å²) < 4.78 is 11.1. The van der Waals surface area contributed by atoms with Gasteiger partial charge in [0.25, 0.3) is 0 Å². The van der Waals surface area contributed by atoms with Gasteiger partial charge in [-0.3, -0.25) is 4.79 Å². The molecule has 6 nitrogen and oxygen atoms in total. The minimum atomic E-state index is -0.183. The Morgan fingerprint density at radius 1 is 0.938 bits per heavy atom. The van der Waals surface area contributed by atoms with Gasteiger partial charge in [0.2, 0.25) is 5.91 Å². The van der Waals surface area contributed by atoms with E-state index in [1.807, 2.05) is 18.2 Å². The van der Waals surface area contributed by atoms with Crippen LogP contribution in [-0.4, -0.2) is 58.5 Å². The zero-order valence-electron chi connectivity index (χ0n) is 19.3. The Morgan fingerprint density at radius 2 is 1.56 bits per heavy atom. The van der Waals surface area contributed by atoms with Crippen LogP contribution >= 0.6 is 0 Å². The Hall–Kier alpha value is -2.57. The number of anilines is 3. The second kappa shape index (κ2) is 10.8. The van der Waals surface area contributed by atoms with E-state index < -0.39 is 0 Å². The van der Waals surface area contributed by atoms with E-state index in [4.69, 9.17) is 9.47 Å². The van der Waals surface area contributed by atoms with E-state index in [0.29, 0.717) is 13.2 Å². The number of hydrogen-bond acceptors (Lipinski definition) is 5. The first kappa shape index (κ1) is 22.6. The lowest BCUT2D eigenvalue weighted by Crippen LogP contribution is -2.38. The average Bonchev–Trinajstić information content (AvgIpc) is 2.86. The highest BCUT2D eigenvalue weighted by Gasteiger charge is 2.27. The van der Waals surface area contributed by atoms with Crippen LogP contribution in [0.1, 0.15) is 31.7 Å².